The Hall–Kier alpha value is -3.94. The third-order valence-electron chi connectivity index (χ3n) is 3.71. The van der Waals surface area contributed by atoms with E-state index < -0.39 is 11.8 Å². The fourth-order valence-electron chi connectivity index (χ4n) is 2.33. The van der Waals surface area contributed by atoms with Crippen LogP contribution in [0.1, 0.15) is 26.4 Å². The maximum absolute atomic E-state index is 13.7. The van der Waals surface area contributed by atoms with E-state index in [1.807, 2.05) is 0 Å². The fourth-order valence-corrected chi connectivity index (χ4v) is 2.33. The van der Waals surface area contributed by atoms with Gasteiger partial charge in [-0.15, -0.1) is 0 Å². The number of carbonyl (C=O) groups is 2. The van der Waals surface area contributed by atoms with Crippen molar-refractivity contribution in [2.45, 2.75) is 0 Å². The molecule has 2 aromatic carbocycles. The lowest BCUT2D eigenvalue weighted by molar-refractivity contribution is 0.0724. The van der Waals surface area contributed by atoms with Gasteiger partial charge in [-0.2, -0.15) is 5.10 Å². The van der Waals surface area contributed by atoms with Crippen molar-refractivity contribution in [1.29, 1.82) is 0 Å². The Balaban J connectivity index is 1.70. The monoisotopic (exact) mass is 381 g/mol. The zero-order valence-electron chi connectivity index (χ0n) is 14.8. The van der Waals surface area contributed by atoms with Crippen molar-refractivity contribution in [1.82, 2.24) is 10.4 Å². The molecule has 1 aromatic heterocycles. The molecule has 3 aromatic rings. The van der Waals surface area contributed by atoms with Gasteiger partial charge >= 0.3 is 5.97 Å². The van der Waals surface area contributed by atoms with Crippen LogP contribution in [-0.4, -0.2) is 30.2 Å². The van der Waals surface area contributed by atoms with Crippen molar-refractivity contribution < 1.29 is 23.5 Å². The highest BCUT2D eigenvalue weighted by atomic mass is 19.1. The lowest BCUT2D eigenvalue weighted by Gasteiger charge is -2.10. The minimum atomic E-state index is -0.837. The van der Waals surface area contributed by atoms with Crippen LogP contribution in [0.4, 0.5) is 4.39 Å². The van der Waals surface area contributed by atoms with Crippen LogP contribution in [0.5, 0.6) is 11.5 Å². The number of esters is 1. The molecule has 1 amide bonds. The predicted molar refractivity (Wildman–Crippen MR) is 100 cm³/mol. The van der Waals surface area contributed by atoms with Crippen molar-refractivity contribution in [3.8, 4) is 11.5 Å². The molecule has 0 saturated carbocycles. The van der Waals surface area contributed by atoms with E-state index in [4.69, 9.17) is 9.47 Å². The van der Waals surface area contributed by atoms with Gasteiger partial charge in [-0.25, -0.2) is 14.6 Å². The number of methoxy groups -OCH3 is 1. The molecule has 0 fully saturated rings. The number of halogens is 1. The number of H-pyrrole nitrogens is 1. The number of hydrazone groups is 1. The van der Waals surface area contributed by atoms with Crippen LogP contribution in [0.2, 0.25) is 0 Å². The van der Waals surface area contributed by atoms with Gasteiger partial charge in [0.25, 0.3) is 5.91 Å². The first-order valence-corrected chi connectivity index (χ1v) is 8.20. The maximum Gasteiger partial charge on any atom is 0.346 e. The average Bonchev–Trinajstić information content (AvgIpc) is 3.24. The summed E-state index contributed by atoms with van der Waals surface area (Å²) in [4.78, 5) is 26.7. The minimum Gasteiger partial charge on any atom is -0.493 e. The second-order valence-electron chi connectivity index (χ2n) is 5.56. The summed E-state index contributed by atoms with van der Waals surface area (Å²) in [6.45, 7) is 0. The molecular formula is C20H16FN3O4. The zero-order chi connectivity index (χ0) is 19.9. The molecule has 0 unspecified atom stereocenters. The first-order valence-electron chi connectivity index (χ1n) is 8.20. The van der Waals surface area contributed by atoms with Crippen LogP contribution in [0.25, 0.3) is 0 Å². The van der Waals surface area contributed by atoms with Crippen molar-refractivity contribution >= 4 is 18.1 Å². The number of nitrogens with zero attached hydrogens (tertiary/aromatic N) is 1. The van der Waals surface area contributed by atoms with E-state index in [1.165, 1.54) is 43.7 Å². The van der Waals surface area contributed by atoms with E-state index in [2.05, 4.69) is 15.5 Å². The highest BCUT2D eigenvalue weighted by Crippen LogP contribution is 2.28. The highest BCUT2D eigenvalue weighted by molar-refractivity contribution is 5.93. The summed E-state index contributed by atoms with van der Waals surface area (Å²) in [7, 11) is 1.41. The Morgan fingerprint density at radius 3 is 2.64 bits per heavy atom. The minimum absolute atomic E-state index is 0.128. The van der Waals surface area contributed by atoms with Gasteiger partial charge in [0, 0.05) is 6.20 Å². The van der Waals surface area contributed by atoms with E-state index in [1.54, 1.807) is 30.5 Å². The van der Waals surface area contributed by atoms with E-state index in [0.717, 1.165) is 0 Å². The molecular weight excluding hydrogens is 365 g/mol. The lowest BCUT2D eigenvalue weighted by Crippen LogP contribution is -2.17. The van der Waals surface area contributed by atoms with Crippen LogP contribution < -0.4 is 14.9 Å². The lowest BCUT2D eigenvalue weighted by atomic mass is 10.2. The van der Waals surface area contributed by atoms with Gasteiger partial charge in [0.2, 0.25) is 0 Å². The number of hydrogen-bond donors (Lipinski definition) is 2. The molecule has 28 heavy (non-hydrogen) atoms. The molecule has 7 nitrogen and oxygen atoms in total. The molecule has 0 aliphatic rings. The molecule has 0 atom stereocenters. The average molecular weight is 381 g/mol. The third-order valence-corrected chi connectivity index (χ3v) is 3.71. The van der Waals surface area contributed by atoms with Crippen molar-refractivity contribution in [3.05, 3.63) is 83.4 Å². The van der Waals surface area contributed by atoms with Crippen LogP contribution >= 0.6 is 0 Å². The van der Waals surface area contributed by atoms with Crippen LogP contribution in [-0.2, 0) is 0 Å². The molecule has 2 N–H and O–H groups in total. The van der Waals surface area contributed by atoms with Gasteiger partial charge in [0.15, 0.2) is 11.5 Å². The van der Waals surface area contributed by atoms with Crippen LogP contribution in [0.3, 0.4) is 0 Å². The molecule has 0 saturated heterocycles. The van der Waals surface area contributed by atoms with E-state index in [-0.39, 0.29) is 23.0 Å². The topological polar surface area (TPSA) is 92.8 Å². The van der Waals surface area contributed by atoms with E-state index >= 15 is 0 Å². The van der Waals surface area contributed by atoms with Crippen molar-refractivity contribution in [2.75, 3.05) is 7.11 Å². The largest absolute Gasteiger partial charge is 0.493 e. The number of benzene rings is 2. The molecule has 1 heterocycles. The summed E-state index contributed by atoms with van der Waals surface area (Å²) in [5.74, 6) is -1.51. The maximum atomic E-state index is 13.7. The second-order valence-corrected chi connectivity index (χ2v) is 5.56. The summed E-state index contributed by atoms with van der Waals surface area (Å²) >= 11 is 0. The number of carbonyl (C=O) groups excluding carboxylic acids is 2. The number of nitrogens with one attached hydrogen (secondary N) is 2. The number of ether oxygens (including phenoxy) is 2. The SMILES string of the molecule is COc1cc(/C=N\NC(=O)c2ccc[nH]2)ccc1OC(=O)c1ccccc1F. The molecule has 3 rings (SSSR count). The third kappa shape index (κ3) is 4.42. The smallest absolute Gasteiger partial charge is 0.346 e. The normalized spacial score (nSPS) is 10.6. The quantitative estimate of drug-likeness (QED) is 0.297. The Labute approximate surface area is 159 Å². The summed E-state index contributed by atoms with van der Waals surface area (Å²) < 4.78 is 24.2. The Morgan fingerprint density at radius 2 is 1.93 bits per heavy atom. The fraction of sp³-hybridized carbons (Fsp3) is 0.0500. The Kier molecular flexibility index (Phi) is 5.81. The number of hydrogen-bond acceptors (Lipinski definition) is 5. The van der Waals surface area contributed by atoms with Gasteiger partial charge in [0.05, 0.1) is 18.9 Å². The molecule has 142 valence electrons. The van der Waals surface area contributed by atoms with Gasteiger partial charge in [0.1, 0.15) is 11.5 Å². The zero-order valence-corrected chi connectivity index (χ0v) is 14.8. The molecule has 8 heteroatoms. The summed E-state index contributed by atoms with van der Waals surface area (Å²) in [6, 6.07) is 13.5. The molecule has 0 radical (unpaired) electrons. The summed E-state index contributed by atoms with van der Waals surface area (Å²) in [6.07, 6.45) is 3.04. The summed E-state index contributed by atoms with van der Waals surface area (Å²) in [5, 5.41) is 3.87. The first kappa shape index (κ1) is 18.8. The van der Waals surface area contributed by atoms with Gasteiger partial charge in [-0.05, 0) is 48.0 Å². The second kappa shape index (κ2) is 8.63. The van der Waals surface area contributed by atoms with Gasteiger partial charge < -0.3 is 14.5 Å². The first-order chi connectivity index (χ1) is 13.6. The highest BCUT2D eigenvalue weighted by Gasteiger charge is 2.16. The van der Waals surface area contributed by atoms with E-state index in [9.17, 15) is 14.0 Å². The molecule has 0 aliphatic carbocycles. The van der Waals surface area contributed by atoms with Crippen molar-refractivity contribution in [3.63, 3.8) is 0 Å². The van der Waals surface area contributed by atoms with E-state index in [0.29, 0.717) is 11.3 Å². The summed E-state index contributed by atoms with van der Waals surface area (Å²) in [5.41, 5.74) is 3.17. The van der Waals surface area contributed by atoms with Crippen LogP contribution in [0.15, 0.2) is 65.9 Å². The number of amides is 1. The van der Waals surface area contributed by atoms with Crippen LogP contribution in [0, 0.1) is 5.82 Å². The standard InChI is InChI=1S/C20H16FN3O4/c1-27-18-11-13(12-23-24-19(25)16-7-4-10-22-16)8-9-17(18)28-20(26)14-5-2-3-6-15(14)21/h2-12,22H,1H3,(H,24,25)/b23-12-. The van der Waals surface area contributed by atoms with Gasteiger partial charge in [-0.3, -0.25) is 4.79 Å². The predicted octanol–water partition coefficient (Wildman–Crippen LogP) is 3.15. The van der Waals surface area contributed by atoms with Crippen molar-refractivity contribution in [2.24, 2.45) is 5.10 Å². The number of aromatic nitrogens is 1. The molecule has 0 spiro atoms. The van der Waals surface area contributed by atoms with Gasteiger partial charge in [-0.1, -0.05) is 12.1 Å². The number of rotatable bonds is 6. The Morgan fingerprint density at radius 1 is 1.11 bits per heavy atom. The number of aromatic amines is 1. The molecule has 0 aliphatic heterocycles. The Bertz CT molecular complexity index is 1020. The molecule has 0 bridgehead atoms.